The van der Waals surface area contributed by atoms with Crippen molar-refractivity contribution in [1.29, 1.82) is 0 Å². The number of ether oxygens (including phenoxy) is 1. The van der Waals surface area contributed by atoms with Crippen molar-refractivity contribution in [2.75, 3.05) is 31.7 Å². The fourth-order valence-corrected chi connectivity index (χ4v) is 1.26. The predicted octanol–water partition coefficient (Wildman–Crippen LogP) is 1.69. The Hall–Kier alpha value is -1.16. The van der Waals surface area contributed by atoms with Gasteiger partial charge in [-0.25, -0.2) is 4.98 Å². The highest BCUT2D eigenvalue weighted by atomic mass is 19.1. The Morgan fingerprint density at radius 2 is 2.36 bits per heavy atom. The van der Waals surface area contributed by atoms with Crippen LogP contribution in [0.4, 0.5) is 10.1 Å². The standard InChI is InChI=1S/C10H15FN2O/c1-3-13(6-7-14-2)9-4-5-12-10(11)8-9/h4-5,8H,3,6-7H2,1-2H3. The van der Waals surface area contributed by atoms with Crippen LogP contribution in [0, 0.1) is 5.95 Å². The van der Waals surface area contributed by atoms with E-state index in [1.807, 2.05) is 11.8 Å². The van der Waals surface area contributed by atoms with Crippen molar-refractivity contribution in [2.45, 2.75) is 6.92 Å². The molecule has 0 atom stereocenters. The summed E-state index contributed by atoms with van der Waals surface area (Å²) in [4.78, 5) is 5.55. The summed E-state index contributed by atoms with van der Waals surface area (Å²) in [6.45, 7) is 4.25. The van der Waals surface area contributed by atoms with E-state index in [0.29, 0.717) is 6.61 Å². The Morgan fingerprint density at radius 1 is 1.57 bits per heavy atom. The topological polar surface area (TPSA) is 25.4 Å². The minimum atomic E-state index is -0.446. The fourth-order valence-electron chi connectivity index (χ4n) is 1.26. The van der Waals surface area contributed by atoms with Crippen LogP contribution in [0.25, 0.3) is 0 Å². The molecule has 0 bridgehead atoms. The summed E-state index contributed by atoms with van der Waals surface area (Å²) < 4.78 is 17.8. The van der Waals surface area contributed by atoms with Gasteiger partial charge in [0.05, 0.1) is 6.61 Å². The average molecular weight is 198 g/mol. The van der Waals surface area contributed by atoms with Crippen LogP contribution in [0.15, 0.2) is 18.3 Å². The van der Waals surface area contributed by atoms with E-state index >= 15 is 0 Å². The lowest BCUT2D eigenvalue weighted by molar-refractivity contribution is 0.205. The van der Waals surface area contributed by atoms with Crippen LogP contribution in [-0.2, 0) is 4.74 Å². The number of aromatic nitrogens is 1. The molecular weight excluding hydrogens is 183 g/mol. The van der Waals surface area contributed by atoms with Crippen LogP contribution in [0.1, 0.15) is 6.92 Å². The first-order valence-electron chi connectivity index (χ1n) is 4.63. The van der Waals surface area contributed by atoms with E-state index in [9.17, 15) is 4.39 Å². The van der Waals surface area contributed by atoms with Crippen molar-refractivity contribution in [1.82, 2.24) is 4.98 Å². The lowest BCUT2D eigenvalue weighted by Crippen LogP contribution is -2.26. The summed E-state index contributed by atoms with van der Waals surface area (Å²) in [7, 11) is 1.65. The molecule has 0 unspecified atom stereocenters. The zero-order valence-corrected chi connectivity index (χ0v) is 8.53. The maximum absolute atomic E-state index is 12.8. The van der Waals surface area contributed by atoms with Gasteiger partial charge in [0, 0.05) is 38.1 Å². The molecule has 78 valence electrons. The maximum Gasteiger partial charge on any atom is 0.214 e. The SMILES string of the molecule is CCN(CCOC)c1ccnc(F)c1. The number of hydrogen-bond donors (Lipinski definition) is 0. The highest BCUT2D eigenvalue weighted by molar-refractivity contribution is 5.44. The monoisotopic (exact) mass is 198 g/mol. The Labute approximate surface area is 83.5 Å². The molecule has 0 saturated heterocycles. The highest BCUT2D eigenvalue weighted by Gasteiger charge is 2.04. The van der Waals surface area contributed by atoms with Gasteiger partial charge < -0.3 is 9.64 Å². The molecule has 0 amide bonds. The summed E-state index contributed by atoms with van der Waals surface area (Å²) >= 11 is 0. The third-order valence-electron chi connectivity index (χ3n) is 2.02. The Morgan fingerprint density at radius 3 is 2.93 bits per heavy atom. The fraction of sp³-hybridized carbons (Fsp3) is 0.500. The second-order valence-electron chi connectivity index (χ2n) is 2.91. The van der Waals surface area contributed by atoms with E-state index in [1.165, 1.54) is 12.3 Å². The quantitative estimate of drug-likeness (QED) is 0.673. The number of rotatable bonds is 5. The Bertz CT molecular complexity index is 281. The number of likely N-dealkylation sites (N-methyl/N-ethyl adjacent to an activating group) is 1. The molecule has 14 heavy (non-hydrogen) atoms. The van der Waals surface area contributed by atoms with Gasteiger partial charge in [0.1, 0.15) is 0 Å². The molecular formula is C10H15FN2O. The smallest absolute Gasteiger partial charge is 0.214 e. The van der Waals surface area contributed by atoms with Gasteiger partial charge in [0.25, 0.3) is 0 Å². The number of halogens is 1. The number of nitrogens with zero attached hydrogens (tertiary/aromatic N) is 2. The molecule has 0 spiro atoms. The molecule has 0 fully saturated rings. The summed E-state index contributed by atoms with van der Waals surface area (Å²) in [5.41, 5.74) is 0.844. The summed E-state index contributed by atoms with van der Waals surface area (Å²) in [6, 6.07) is 3.22. The molecule has 1 rings (SSSR count). The van der Waals surface area contributed by atoms with Crippen LogP contribution in [-0.4, -0.2) is 31.8 Å². The molecule has 0 radical (unpaired) electrons. The van der Waals surface area contributed by atoms with E-state index in [0.717, 1.165) is 18.8 Å². The van der Waals surface area contributed by atoms with Gasteiger partial charge in [0.15, 0.2) is 0 Å². The number of hydrogen-bond acceptors (Lipinski definition) is 3. The zero-order chi connectivity index (χ0) is 10.4. The first-order chi connectivity index (χ1) is 6.77. The van der Waals surface area contributed by atoms with Crippen LogP contribution < -0.4 is 4.90 Å². The summed E-state index contributed by atoms with van der Waals surface area (Å²) in [5.74, 6) is -0.446. The molecule has 0 aliphatic carbocycles. The molecule has 3 nitrogen and oxygen atoms in total. The first kappa shape index (κ1) is 10.9. The van der Waals surface area contributed by atoms with Crippen molar-refractivity contribution in [2.24, 2.45) is 0 Å². The van der Waals surface area contributed by atoms with Crippen LogP contribution in [0.3, 0.4) is 0 Å². The van der Waals surface area contributed by atoms with Gasteiger partial charge in [-0.05, 0) is 13.0 Å². The highest BCUT2D eigenvalue weighted by Crippen LogP contribution is 2.12. The zero-order valence-electron chi connectivity index (χ0n) is 8.53. The van der Waals surface area contributed by atoms with E-state index in [2.05, 4.69) is 4.98 Å². The number of methoxy groups -OCH3 is 1. The van der Waals surface area contributed by atoms with Gasteiger partial charge in [-0.1, -0.05) is 0 Å². The number of anilines is 1. The second-order valence-corrected chi connectivity index (χ2v) is 2.91. The van der Waals surface area contributed by atoms with Crippen molar-refractivity contribution in [3.05, 3.63) is 24.3 Å². The van der Waals surface area contributed by atoms with E-state index in [-0.39, 0.29) is 0 Å². The van der Waals surface area contributed by atoms with Gasteiger partial charge >= 0.3 is 0 Å². The molecule has 0 aliphatic heterocycles. The Balaban J connectivity index is 2.68. The molecule has 0 N–H and O–H groups in total. The van der Waals surface area contributed by atoms with Crippen LogP contribution >= 0.6 is 0 Å². The maximum atomic E-state index is 12.8. The van der Waals surface area contributed by atoms with E-state index < -0.39 is 5.95 Å². The number of pyridine rings is 1. The molecule has 1 aromatic rings. The molecule has 1 heterocycles. The van der Waals surface area contributed by atoms with E-state index in [1.54, 1.807) is 13.2 Å². The first-order valence-corrected chi connectivity index (χ1v) is 4.63. The van der Waals surface area contributed by atoms with Crippen molar-refractivity contribution < 1.29 is 9.13 Å². The molecule has 4 heteroatoms. The van der Waals surface area contributed by atoms with E-state index in [4.69, 9.17) is 4.74 Å². The van der Waals surface area contributed by atoms with Crippen molar-refractivity contribution >= 4 is 5.69 Å². The largest absolute Gasteiger partial charge is 0.383 e. The van der Waals surface area contributed by atoms with Crippen LogP contribution in [0.5, 0.6) is 0 Å². The molecule has 0 aliphatic rings. The summed E-state index contributed by atoms with van der Waals surface area (Å²) in [6.07, 6.45) is 1.47. The lowest BCUT2D eigenvalue weighted by atomic mass is 10.3. The third kappa shape index (κ3) is 2.96. The van der Waals surface area contributed by atoms with Crippen LogP contribution in [0.2, 0.25) is 0 Å². The lowest BCUT2D eigenvalue weighted by Gasteiger charge is -2.22. The molecule has 1 aromatic heterocycles. The minimum absolute atomic E-state index is 0.446. The van der Waals surface area contributed by atoms with Gasteiger partial charge in [-0.2, -0.15) is 4.39 Å². The van der Waals surface area contributed by atoms with Gasteiger partial charge in [-0.3, -0.25) is 0 Å². The van der Waals surface area contributed by atoms with Crippen molar-refractivity contribution in [3.63, 3.8) is 0 Å². The molecule has 0 aromatic carbocycles. The summed E-state index contributed by atoms with van der Waals surface area (Å²) in [5, 5.41) is 0. The van der Waals surface area contributed by atoms with Gasteiger partial charge in [0.2, 0.25) is 5.95 Å². The predicted molar refractivity (Wildman–Crippen MR) is 54.0 cm³/mol. The van der Waals surface area contributed by atoms with Gasteiger partial charge in [-0.15, -0.1) is 0 Å². The average Bonchev–Trinajstić information content (AvgIpc) is 2.19. The second kappa shape index (κ2) is 5.54. The minimum Gasteiger partial charge on any atom is -0.383 e. The normalized spacial score (nSPS) is 10.2. The molecule has 0 saturated carbocycles. The Kier molecular flexibility index (Phi) is 4.32. The third-order valence-corrected chi connectivity index (χ3v) is 2.02. The van der Waals surface area contributed by atoms with Crippen molar-refractivity contribution in [3.8, 4) is 0 Å².